The molecule has 0 atom stereocenters. The standard InChI is InChI=1S/C16H23ClFN3O2S/c1-16(2)11-21(9-10-24(16,22)23)15(19-3)20-8-7-12-13(17)5-4-6-14(12)18/h4-6H,7-11H2,1-3H3,(H,19,20). The Labute approximate surface area is 147 Å². The Morgan fingerprint density at radius 1 is 1.46 bits per heavy atom. The molecule has 0 aliphatic carbocycles. The lowest BCUT2D eigenvalue weighted by molar-refractivity contribution is 0.353. The van der Waals surface area contributed by atoms with E-state index in [4.69, 9.17) is 11.6 Å². The van der Waals surface area contributed by atoms with Crippen molar-refractivity contribution in [2.75, 3.05) is 32.4 Å². The smallest absolute Gasteiger partial charge is 0.193 e. The molecule has 0 unspecified atom stereocenters. The van der Waals surface area contributed by atoms with Gasteiger partial charge >= 0.3 is 0 Å². The van der Waals surface area contributed by atoms with E-state index in [-0.39, 0.29) is 11.6 Å². The van der Waals surface area contributed by atoms with Crippen LogP contribution in [0.3, 0.4) is 0 Å². The average molecular weight is 376 g/mol. The van der Waals surface area contributed by atoms with E-state index < -0.39 is 14.6 Å². The van der Waals surface area contributed by atoms with Gasteiger partial charge in [-0.05, 0) is 32.4 Å². The van der Waals surface area contributed by atoms with Gasteiger partial charge in [0.25, 0.3) is 0 Å². The fraction of sp³-hybridized carbons (Fsp3) is 0.562. The Balaban J connectivity index is 1.99. The predicted molar refractivity (Wildman–Crippen MR) is 95.9 cm³/mol. The zero-order valence-electron chi connectivity index (χ0n) is 14.1. The molecule has 1 aliphatic rings. The quantitative estimate of drug-likeness (QED) is 0.649. The van der Waals surface area contributed by atoms with Crippen LogP contribution in [-0.4, -0.2) is 56.5 Å². The lowest BCUT2D eigenvalue weighted by Gasteiger charge is -2.39. The van der Waals surface area contributed by atoms with Crippen molar-refractivity contribution in [3.8, 4) is 0 Å². The summed E-state index contributed by atoms with van der Waals surface area (Å²) in [5, 5.41) is 3.56. The van der Waals surface area contributed by atoms with Crippen LogP contribution in [0.2, 0.25) is 5.02 Å². The van der Waals surface area contributed by atoms with Crippen molar-refractivity contribution in [2.45, 2.75) is 25.0 Å². The molecule has 0 radical (unpaired) electrons. The number of rotatable bonds is 3. The number of benzene rings is 1. The maximum atomic E-state index is 13.8. The molecule has 1 N–H and O–H groups in total. The zero-order valence-corrected chi connectivity index (χ0v) is 15.7. The highest BCUT2D eigenvalue weighted by molar-refractivity contribution is 7.92. The topological polar surface area (TPSA) is 61.8 Å². The molecule has 1 aliphatic heterocycles. The molecule has 0 amide bonds. The Morgan fingerprint density at radius 3 is 2.75 bits per heavy atom. The van der Waals surface area contributed by atoms with Crippen molar-refractivity contribution in [3.63, 3.8) is 0 Å². The molecule has 1 fully saturated rings. The second kappa shape index (κ2) is 7.27. The van der Waals surface area contributed by atoms with Crippen LogP contribution in [0, 0.1) is 5.82 Å². The van der Waals surface area contributed by atoms with Crippen LogP contribution in [0.5, 0.6) is 0 Å². The van der Waals surface area contributed by atoms with Crippen LogP contribution in [0.4, 0.5) is 4.39 Å². The summed E-state index contributed by atoms with van der Waals surface area (Å²) in [4.78, 5) is 6.13. The molecule has 1 heterocycles. The molecule has 24 heavy (non-hydrogen) atoms. The van der Waals surface area contributed by atoms with E-state index in [1.165, 1.54) is 6.07 Å². The van der Waals surface area contributed by atoms with Crippen LogP contribution in [0.1, 0.15) is 19.4 Å². The summed E-state index contributed by atoms with van der Waals surface area (Å²) < 4.78 is 37.1. The van der Waals surface area contributed by atoms with E-state index >= 15 is 0 Å². The van der Waals surface area contributed by atoms with E-state index in [2.05, 4.69) is 10.3 Å². The molecule has 0 aromatic heterocycles. The maximum absolute atomic E-state index is 13.8. The Morgan fingerprint density at radius 2 is 2.17 bits per heavy atom. The van der Waals surface area contributed by atoms with Crippen molar-refractivity contribution >= 4 is 27.4 Å². The number of nitrogens with one attached hydrogen (secondary N) is 1. The van der Waals surface area contributed by atoms with Gasteiger partial charge in [-0.1, -0.05) is 17.7 Å². The van der Waals surface area contributed by atoms with Gasteiger partial charge < -0.3 is 10.2 Å². The molecule has 0 bridgehead atoms. The number of guanidine groups is 1. The van der Waals surface area contributed by atoms with Gasteiger partial charge in [0, 0.05) is 37.3 Å². The fourth-order valence-electron chi connectivity index (χ4n) is 2.73. The van der Waals surface area contributed by atoms with Crippen LogP contribution in [-0.2, 0) is 16.3 Å². The summed E-state index contributed by atoms with van der Waals surface area (Å²) in [6, 6.07) is 4.62. The highest BCUT2D eigenvalue weighted by Crippen LogP contribution is 2.24. The van der Waals surface area contributed by atoms with Crippen molar-refractivity contribution in [1.82, 2.24) is 10.2 Å². The fourth-order valence-corrected chi connectivity index (χ4v) is 4.35. The number of halogens is 2. The molecule has 2 rings (SSSR count). The lowest BCUT2D eigenvalue weighted by Crippen LogP contribution is -2.57. The van der Waals surface area contributed by atoms with E-state index in [0.29, 0.717) is 42.6 Å². The van der Waals surface area contributed by atoms with Crippen LogP contribution >= 0.6 is 11.6 Å². The first-order chi connectivity index (χ1) is 11.2. The SMILES string of the molecule is CN=C(NCCc1c(F)cccc1Cl)N1CCS(=O)(=O)C(C)(C)C1. The van der Waals surface area contributed by atoms with Crippen molar-refractivity contribution in [3.05, 3.63) is 34.6 Å². The largest absolute Gasteiger partial charge is 0.356 e. The molecular formula is C16H23ClFN3O2S. The molecule has 0 spiro atoms. The second-order valence-corrected chi connectivity index (χ2v) is 9.57. The molecule has 5 nitrogen and oxygen atoms in total. The molecule has 0 saturated carbocycles. The van der Waals surface area contributed by atoms with Gasteiger partial charge in [0.2, 0.25) is 0 Å². The number of aliphatic imine (C=N–C) groups is 1. The summed E-state index contributed by atoms with van der Waals surface area (Å²) in [5.41, 5.74) is 0.462. The molecule has 1 aromatic rings. The van der Waals surface area contributed by atoms with Crippen LogP contribution in [0.25, 0.3) is 0 Å². The monoisotopic (exact) mass is 375 g/mol. The van der Waals surface area contributed by atoms with Crippen molar-refractivity contribution in [2.24, 2.45) is 4.99 Å². The average Bonchev–Trinajstić information content (AvgIpc) is 2.49. The summed E-state index contributed by atoms with van der Waals surface area (Å²) in [7, 11) is -1.45. The Hall–Kier alpha value is -1.34. The van der Waals surface area contributed by atoms with Crippen LogP contribution in [0.15, 0.2) is 23.2 Å². The normalized spacial score (nSPS) is 20.0. The van der Waals surface area contributed by atoms with Gasteiger partial charge in [-0.25, -0.2) is 12.8 Å². The van der Waals surface area contributed by atoms with Crippen molar-refractivity contribution in [1.29, 1.82) is 0 Å². The maximum Gasteiger partial charge on any atom is 0.193 e. The third kappa shape index (κ3) is 4.00. The summed E-state index contributed by atoms with van der Waals surface area (Å²) in [5.74, 6) is 0.384. The molecule has 8 heteroatoms. The molecule has 1 saturated heterocycles. The van der Waals surface area contributed by atoms with Gasteiger partial charge in [-0.2, -0.15) is 0 Å². The summed E-state index contributed by atoms with van der Waals surface area (Å²) >= 11 is 6.02. The van der Waals surface area contributed by atoms with E-state index in [1.807, 2.05) is 4.90 Å². The third-order valence-electron chi connectivity index (χ3n) is 4.27. The Bertz CT molecular complexity index is 715. The lowest BCUT2D eigenvalue weighted by atomic mass is 10.1. The molecular weight excluding hydrogens is 353 g/mol. The zero-order chi connectivity index (χ0) is 18.0. The minimum absolute atomic E-state index is 0.0971. The first-order valence-electron chi connectivity index (χ1n) is 7.79. The number of nitrogens with zero attached hydrogens (tertiary/aromatic N) is 2. The van der Waals surface area contributed by atoms with Gasteiger partial charge in [-0.3, -0.25) is 4.99 Å². The summed E-state index contributed by atoms with van der Waals surface area (Å²) in [6.07, 6.45) is 0.417. The van der Waals surface area contributed by atoms with Gasteiger partial charge in [0.15, 0.2) is 15.8 Å². The minimum Gasteiger partial charge on any atom is -0.356 e. The number of hydrogen-bond acceptors (Lipinski definition) is 3. The minimum atomic E-state index is -3.10. The van der Waals surface area contributed by atoms with Crippen molar-refractivity contribution < 1.29 is 12.8 Å². The highest BCUT2D eigenvalue weighted by Gasteiger charge is 2.40. The first kappa shape index (κ1) is 19.0. The predicted octanol–water partition coefficient (Wildman–Crippen LogP) is 2.11. The highest BCUT2D eigenvalue weighted by atomic mass is 35.5. The Kier molecular flexibility index (Phi) is 5.75. The number of hydrogen-bond donors (Lipinski definition) is 1. The first-order valence-corrected chi connectivity index (χ1v) is 9.82. The van der Waals surface area contributed by atoms with Crippen LogP contribution < -0.4 is 5.32 Å². The van der Waals surface area contributed by atoms with E-state index in [1.54, 1.807) is 33.0 Å². The van der Waals surface area contributed by atoms with Gasteiger partial charge in [-0.15, -0.1) is 0 Å². The second-order valence-electron chi connectivity index (χ2n) is 6.42. The van der Waals surface area contributed by atoms with Gasteiger partial charge in [0.05, 0.1) is 10.5 Å². The molecule has 1 aromatic carbocycles. The summed E-state index contributed by atoms with van der Waals surface area (Å²) in [6.45, 7) is 4.67. The van der Waals surface area contributed by atoms with E-state index in [9.17, 15) is 12.8 Å². The number of sulfone groups is 1. The molecule has 134 valence electrons. The van der Waals surface area contributed by atoms with E-state index in [0.717, 1.165) is 0 Å². The van der Waals surface area contributed by atoms with Gasteiger partial charge in [0.1, 0.15) is 5.82 Å². The third-order valence-corrected chi connectivity index (χ3v) is 7.16.